The first-order valence-electron chi connectivity index (χ1n) is 8.31. The van der Waals surface area contributed by atoms with Crippen LogP contribution in [0.5, 0.6) is 5.75 Å². The predicted octanol–water partition coefficient (Wildman–Crippen LogP) is 2.50. The van der Waals surface area contributed by atoms with Crippen molar-refractivity contribution < 1.29 is 18.7 Å². The monoisotopic (exact) mass is 398 g/mol. The van der Waals surface area contributed by atoms with Gasteiger partial charge >= 0.3 is 0 Å². The SMILES string of the molecule is COc1ccc(Cc2nnc(SCC(=O)Nc3ccc(C(N)=O)cc3)o2)cc1. The Morgan fingerprint density at radius 3 is 2.46 bits per heavy atom. The number of hydrogen-bond acceptors (Lipinski definition) is 7. The van der Waals surface area contributed by atoms with Gasteiger partial charge in [0.25, 0.3) is 5.22 Å². The van der Waals surface area contributed by atoms with Gasteiger partial charge in [0.1, 0.15) is 5.75 Å². The van der Waals surface area contributed by atoms with Gasteiger partial charge in [-0.1, -0.05) is 23.9 Å². The third kappa shape index (κ3) is 5.34. The van der Waals surface area contributed by atoms with Crippen LogP contribution in [0.25, 0.3) is 0 Å². The van der Waals surface area contributed by atoms with E-state index in [1.165, 1.54) is 0 Å². The third-order valence-corrected chi connectivity index (χ3v) is 4.56. The maximum atomic E-state index is 12.0. The Bertz CT molecular complexity index is 955. The van der Waals surface area contributed by atoms with Gasteiger partial charge in [-0.2, -0.15) is 0 Å². The van der Waals surface area contributed by atoms with Crippen LogP contribution in [0.2, 0.25) is 0 Å². The minimum absolute atomic E-state index is 0.113. The van der Waals surface area contributed by atoms with Crippen molar-refractivity contribution in [3.05, 3.63) is 65.5 Å². The summed E-state index contributed by atoms with van der Waals surface area (Å²) >= 11 is 1.15. The molecule has 1 aromatic heterocycles. The van der Waals surface area contributed by atoms with Crippen LogP contribution >= 0.6 is 11.8 Å². The van der Waals surface area contributed by atoms with E-state index in [0.29, 0.717) is 28.8 Å². The van der Waals surface area contributed by atoms with E-state index in [1.807, 2.05) is 24.3 Å². The molecule has 9 heteroatoms. The second kappa shape index (κ2) is 9.05. The molecule has 0 saturated heterocycles. The van der Waals surface area contributed by atoms with Gasteiger partial charge in [0.05, 0.1) is 19.3 Å². The highest BCUT2D eigenvalue weighted by Gasteiger charge is 2.11. The molecule has 8 nitrogen and oxygen atoms in total. The summed E-state index contributed by atoms with van der Waals surface area (Å²) in [4.78, 5) is 23.1. The lowest BCUT2D eigenvalue weighted by molar-refractivity contribution is -0.113. The number of benzene rings is 2. The van der Waals surface area contributed by atoms with Crippen molar-refractivity contribution in [3.8, 4) is 5.75 Å². The molecule has 3 rings (SSSR count). The number of nitrogens with two attached hydrogens (primary N) is 1. The first-order valence-corrected chi connectivity index (χ1v) is 9.30. The molecule has 0 aliphatic rings. The highest BCUT2D eigenvalue weighted by atomic mass is 32.2. The summed E-state index contributed by atoms with van der Waals surface area (Å²) < 4.78 is 10.7. The summed E-state index contributed by atoms with van der Waals surface area (Å²) in [6.45, 7) is 0. The zero-order valence-electron chi connectivity index (χ0n) is 15.0. The van der Waals surface area contributed by atoms with Crippen molar-refractivity contribution in [2.24, 2.45) is 5.73 Å². The van der Waals surface area contributed by atoms with Crippen LogP contribution in [-0.2, 0) is 11.2 Å². The molecule has 0 unspecified atom stereocenters. The van der Waals surface area contributed by atoms with Crippen LogP contribution in [0.1, 0.15) is 21.8 Å². The number of hydrogen-bond donors (Lipinski definition) is 2. The quantitative estimate of drug-likeness (QED) is 0.559. The molecule has 0 saturated carbocycles. The van der Waals surface area contributed by atoms with Gasteiger partial charge in [-0.05, 0) is 42.0 Å². The molecule has 0 aliphatic carbocycles. The first kappa shape index (κ1) is 19.4. The molecule has 2 amide bonds. The van der Waals surface area contributed by atoms with Crippen molar-refractivity contribution in [3.63, 3.8) is 0 Å². The first-order chi connectivity index (χ1) is 13.5. The Balaban J connectivity index is 1.49. The van der Waals surface area contributed by atoms with E-state index in [4.69, 9.17) is 14.9 Å². The van der Waals surface area contributed by atoms with Gasteiger partial charge in [0.15, 0.2) is 0 Å². The topological polar surface area (TPSA) is 120 Å². The smallest absolute Gasteiger partial charge is 0.277 e. The zero-order valence-corrected chi connectivity index (χ0v) is 15.9. The van der Waals surface area contributed by atoms with E-state index in [0.717, 1.165) is 23.1 Å². The number of aromatic nitrogens is 2. The van der Waals surface area contributed by atoms with Gasteiger partial charge in [0.2, 0.25) is 17.7 Å². The summed E-state index contributed by atoms with van der Waals surface area (Å²) in [6, 6.07) is 13.9. The van der Waals surface area contributed by atoms with Gasteiger partial charge in [-0.3, -0.25) is 9.59 Å². The van der Waals surface area contributed by atoms with Crippen LogP contribution < -0.4 is 15.8 Å². The third-order valence-electron chi connectivity index (χ3n) is 3.74. The van der Waals surface area contributed by atoms with Crippen LogP contribution in [0.3, 0.4) is 0 Å². The minimum atomic E-state index is -0.518. The number of anilines is 1. The number of nitrogens with zero attached hydrogens (tertiary/aromatic N) is 2. The molecular formula is C19H18N4O4S. The molecule has 1 heterocycles. The van der Waals surface area contributed by atoms with Gasteiger partial charge in [-0.25, -0.2) is 0 Å². The molecule has 0 radical (unpaired) electrons. The van der Waals surface area contributed by atoms with E-state index in [-0.39, 0.29) is 11.7 Å². The fourth-order valence-electron chi connectivity index (χ4n) is 2.33. The van der Waals surface area contributed by atoms with Crippen LogP contribution in [0, 0.1) is 0 Å². The van der Waals surface area contributed by atoms with Gasteiger partial charge in [0, 0.05) is 11.3 Å². The zero-order chi connectivity index (χ0) is 19.9. The fraction of sp³-hybridized carbons (Fsp3) is 0.158. The Hall–Kier alpha value is -3.33. The normalized spacial score (nSPS) is 10.5. The lowest BCUT2D eigenvalue weighted by Crippen LogP contribution is -2.15. The molecule has 2 aromatic carbocycles. The van der Waals surface area contributed by atoms with Crippen molar-refractivity contribution in [2.45, 2.75) is 11.6 Å². The van der Waals surface area contributed by atoms with Crippen molar-refractivity contribution in [2.75, 3.05) is 18.2 Å². The number of methoxy groups -OCH3 is 1. The lowest BCUT2D eigenvalue weighted by atomic mass is 10.1. The van der Waals surface area contributed by atoms with E-state index in [9.17, 15) is 9.59 Å². The molecule has 0 bridgehead atoms. The Kier molecular flexibility index (Phi) is 6.28. The number of primary amides is 1. The Morgan fingerprint density at radius 1 is 1.11 bits per heavy atom. The maximum Gasteiger partial charge on any atom is 0.277 e. The van der Waals surface area contributed by atoms with Crippen LogP contribution in [0.15, 0.2) is 58.2 Å². The van der Waals surface area contributed by atoms with Gasteiger partial charge in [-0.15, -0.1) is 10.2 Å². The number of amides is 2. The summed E-state index contributed by atoms with van der Waals surface area (Å²) in [6.07, 6.45) is 0.496. The summed E-state index contributed by atoms with van der Waals surface area (Å²) in [5.41, 5.74) is 7.14. The molecule has 0 fully saturated rings. The minimum Gasteiger partial charge on any atom is -0.497 e. The highest BCUT2D eigenvalue weighted by molar-refractivity contribution is 7.99. The molecule has 0 aliphatic heterocycles. The summed E-state index contributed by atoms with van der Waals surface area (Å²) in [7, 11) is 1.61. The lowest BCUT2D eigenvalue weighted by Gasteiger charge is -2.04. The largest absolute Gasteiger partial charge is 0.497 e. The molecule has 28 heavy (non-hydrogen) atoms. The average molecular weight is 398 g/mol. The predicted molar refractivity (Wildman–Crippen MR) is 104 cm³/mol. The number of nitrogens with one attached hydrogen (secondary N) is 1. The second-order valence-electron chi connectivity index (χ2n) is 5.77. The van der Waals surface area contributed by atoms with Crippen LogP contribution in [-0.4, -0.2) is 34.9 Å². The number of carbonyl (C=O) groups excluding carboxylic acids is 2. The summed E-state index contributed by atoms with van der Waals surface area (Å²) in [5.74, 6) is 0.611. The van der Waals surface area contributed by atoms with E-state index in [2.05, 4.69) is 15.5 Å². The molecule has 0 atom stereocenters. The molecule has 0 spiro atoms. The number of ether oxygens (including phenoxy) is 1. The van der Waals surface area contributed by atoms with E-state index >= 15 is 0 Å². The molecule has 3 aromatic rings. The van der Waals surface area contributed by atoms with Crippen molar-refractivity contribution in [1.82, 2.24) is 10.2 Å². The molecule has 144 valence electrons. The van der Waals surface area contributed by atoms with Crippen LogP contribution in [0.4, 0.5) is 5.69 Å². The average Bonchev–Trinajstić information content (AvgIpc) is 3.15. The number of carbonyl (C=O) groups is 2. The Labute approximate surface area is 165 Å². The highest BCUT2D eigenvalue weighted by Crippen LogP contribution is 2.19. The summed E-state index contributed by atoms with van der Waals surface area (Å²) in [5, 5.41) is 11.0. The second-order valence-corrected chi connectivity index (χ2v) is 6.69. The van der Waals surface area contributed by atoms with E-state index < -0.39 is 5.91 Å². The maximum absolute atomic E-state index is 12.0. The number of thioether (sulfide) groups is 1. The molecule has 3 N–H and O–H groups in total. The standard InChI is InChI=1S/C19H18N4O4S/c1-26-15-8-2-12(3-9-15)10-17-22-23-19(27-17)28-11-16(24)21-14-6-4-13(5-7-14)18(20)25/h2-9H,10-11H2,1H3,(H2,20,25)(H,21,24). The fourth-order valence-corrected chi connectivity index (χ4v) is 2.91. The van der Waals surface area contributed by atoms with Crippen molar-refractivity contribution >= 4 is 29.3 Å². The Morgan fingerprint density at radius 2 is 1.82 bits per heavy atom. The van der Waals surface area contributed by atoms with E-state index in [1.54, 1.807) is 31.4 Å². The van der Waals surface area contributed by atoms with Crippen molar-refractivity contribution in [1.29, 1.82) is 0 Å². The molecular weight excluding hydrogens is 380 g/mol. The number of rotatable bonds is 8. The van der Waals surface area contributed by atoms with Gasteiger partial charge < -0.3 is 20.2 Å².